The van der Waals surface area contributed by atoms with E-state index in [4.69, 9.17) is 0 Å². The minimum atomic E-state index is -3.53. The molecule has 0 saturated carbocycles. The van der Waals surface area contributed by atoms with Crippen LogP contribution in [-0.2, 0) is 16.4 Å². The highest BCUT2D eigenvalue weighted by Crippen LogP contribution is 2.24. The highest BCUT2D eigenvalue weighted by molar-refractivity contribution is 7.94. The summed E-state index contributed by atoms with van der Waals surface area (Å²) in [5.41, 5.74) is 1.39. The normalized spacial score (nSPS) is 11.5. The van der Waals surface area contributed by atoms with Crippen molar-refractivity contribution in [1.29, 1.82) is 0 Å². The third kappa shape index (κ3) is 4.52. The van der Waals surface area contributed by atoms with Crippen molar-refractivity contribution in [3.05, 3.63) is 41.0 Å². The number of pyridine rings is 1. The Morgan fingerprint density at radius 1 is 1.29 bits per heavy atom. The molecule has 2 rings (SSSR count). The highest BCUT2D eigenvalue weighted by Gasteiger charge is 2.17. The van der Waals surface area contributed by atoms with Crippen molar-refractivity contribution < 1.29 is 8.42 Å². The van der Waals surface area contributed by atoms with Gasteiger partial charge in [-0.25, -0.2) is 8.42 Å². The van der Waals surface area contributed by atoms with E-state index in [9.17, 15) is 8.42 Å². The third-order valence-corrected chi connectivity index (χ3v) is 5.85. The quantitative estimate of drug-likeness (QED) is 0.767. The summed E-state index contributed by atoms with van der Waals surface area (Å²) in [7, 11) is -3.53. The number of hydrogen-bond donors (Lipinski definition) is 2. The van der Waals surface area contributed by atoms with Crippen LogP contribution < -0.4 is 10.0 Å². The van der Waals surface area contributed by atoms with Gasteiger partial charge in [-0.1, -0.05) is 6.92 Å². The number of aryl methyl sites for hydroxylation is 1. The molecule has 0 spiro atoms. The molecule has 0 amide bonds. The molecule has 0 aromatic carbocycles. The van der Waals surface area contributed by atoms with E-state index in [1.807, 2.05) is 19.9 Å². The molecule has 0 aliphatic heterocycles. The van der Waals surface area contributed by atoms with Crippen LogP contribution >= 0.6 is 11.3 Å². The maximum absolute atomic E-state index is 12.3. The van der Waals surface area contributed by atoms with Crippen LogP contribution in [0.5, 0.6) is 0 Å². The number of aromatic nitrogens is 1. The number of nitrogens with one attached hydrogen (secondary N) is 2. The minimum absolute atomic E-state index is 0.329. The average molecular weight is 325 g/mol. The second-order valence-corrected chi connectivity index (χ2v) is 7.76. The van der Waals surface area contributed by atoms with Gasteiger partial charge in [-0.3, -0.25) is 9.71 Å². The Balaban J connectivity index is 2.09. The van der Waals surface area contributed by atoms with Gasteiger partial charge in [-0.05, 0) is 50.2 Å². The number of sulfonamides is 1. The standard InChI is InChI=1S/C14H19N3O2S2/c1-3-15-7-6-13-4-5-14(20-13)21(18,19)17-12-8-11(2)9-16-10-12/h4-5,8-10,15,17H,3,6-7H2,1-2H3. The Morgan fingerprint density at radius 3 is 2.81 bits per heavy atom. The molecule has 2 heterocycles. The smallest absolute Gasteiger partial charge is 0.271 e. The van der Waals surface area contributed by atoms with Gasteiger partial charge >= 0.3 is 0 Å². The predicted molar refractivity (Wildman–Crippen MR) is 86.3 cm³/mol. The van der Waals surface area contributed by atoms with E-state index in [-0.39, 0.29) is 0 Å². The lowest BCUT2D eigenvalue weighted by molar-refractivity contribution is 0.603. The molecule has 0 bridgehead atoms. The number of thiophene rings is 1. The van der Waals surface area contributed by atoms with Crippen LogP contribution in [0.15, 0.2) is 34.8 Å². The van der Waals surface area contributed by atoms with E-state index in [1.54, 1.807) is 18.3 Å². The monoisotopic (exact) mass is 325 g/mol. The number of hydrogen-bond acceptors (Lipinski definition) is 5. The van der Waals surface area contributed by atoms with Crippen molar-refractivity contribution in [2.45, 2.75) is 24.5 Å². The molecule has 0 fully saturated rings. The van der Waals surface area contributed by atoms with Gasteiger partial charge in [0.25, 0.3) is 10.0 Å². The molecule has 21 heavy (non-hydrogen) atoms. The zero-order chi connectivity index (χ0) is 15.3. The van der Waals surface area contributed by atoms with Crippen LogP contribution in [0.25, 0.3) is 0 Å². The van der Waals surface area contributed by atoms with Gasteiger partial charge in [0, 0.05) is 11.1 Å². The summed E-state index contributed by atoms with van der Waals surface area (Å²) in [6, 6.07) is 5.27. The summed E-state index contributed by atoms with van der Waals surface area (Å²) in [6.07, 6.45) is 4.02. The van der Waals surface area contributed by atoms with Gasteiger partial charge in [-0.15, -0.1) is 11.3 Å². The van der Waals surface area contributed by atoms with E-state index >= 15 is 0 Å². The van der Waals surface area contributed by atoms with Gasteiger partial charge in [0.05, 0.1) is 11.9 Å². The molecule has 2 N–H and O–H groups in total. The van der Waals surface area contributed by atoms with Gasteiger partial charge in [0.15, 0.2) is 0 Å². The van der Waals surface area contributed by atoms with Crippen molar-refractivity contribution in [2.24, 2.45) is 0 Å². The summed E-state index contributed by atoms with van der Waals surface area (Å²) in [5.74, 6) is 0. The molecule has 114 valence electrons. The van der Waals surface area contributed by atoms with E-state index in [0.717, 1.165) is 30.0 Å². The number of likely N-dealkylation sites (N-methyl/N-ethyl adjacent to an activating group) is 1. The van der Waals surface area contributed by atoms with Crippen LogP contribution in [-0.4, -0.2) is 26.5 Å². The summed E-state index contributed by atoms with van der Waals surface area (Å²) in [5, 5.41) is 3.22. The number of nitrogens with zero attached hydrogens (tertiary/aromatic N) is 1. The molecule has 0 saturated heterocycles. The first-order chi connectivity index (χ1) is 10.0. The first kappa shape index (κ1) is 15.9. The van der Waals surface area contributed by atoms with Crippen molar-refractivity contribution >= 4 is 27.0 Å². The zero-order valence-corrected chi connectivity index (χ0v) is 13.7. The van der Waals surface area contributed by atoms with Gasteiger partial charge in [-0.2, -0.15) is 0 Å². The molecule has 0 unspecified atom stereocenters. The Bertz CT molecular complexity index is 696. The van der Waals surface area contributed by atoms with E-state index < -0.39 is 10.0 Å². The Kier molecular flexibility index (Phi) is 5.33. The minimum Gasteiger partial charge on any atom is -0.317 e. The average Bonchev–Trinajstić information content (AvgIpc) is 2.88. The van der Waals surface area contributed by atoms with Crippen molar-refractivity contribution in [2.75, 3.05) is 17.8 Å². The summed E-state index contributed by atoms with van der Waals surface area (Å²) < 4.78 is 27.5. The topological polar surface area (TPSA) is 71.1 Å². The summed E-state index contributed by atoms with van der Waals surface area (Å²) >= 11 is 1.30. The van der Waals surface area contributed by atoms with Crippen molar-refractivity contribution in [3.63, 3.8) is 0 Å². The molecule has 0 aliphatic rings. The molecule has 2 aromatic rings. The van der Waals surface area contributed by atoms with Crippen LogP contribution in [0.3, 0.4) is 0 Å². The molecule has 0 atom stereocenters. The Morgan fingerprint density at radius 2 is 2.10 bits per heavy atom. The van der Waals surface area contributed by atoms with E-state index in [2.05, 4.69) is 15.0 Å². The van der Waals surface area contributed by atoms with Crippen LogP contribution in [0, 0.1) is 6.92 Å². The van der Waals surface area contributed by atoms with E-state index in [0.29, 0.717) is 9.90 Å². The van der Waals surface area contributed by atoms with Gasteiger partial charge in [0.1, 0.15) is 4.21 Å². The lowest BCUT2D eigenvalue weighted by Crippen LogP contribution is -2.15. The van der Waals surface area contributed by atoms with Crippen molar-refractivity contribution in [1.82, 2.24) is 10.3 Å². The second kappa shape index (κ2) is 7.02. The molecular formula is C14H19N3O2S2. The molecule has 0 radical (unpaired) electrons. The van der Waals surface area contributed by atoms with Gasteiger partial charge in [0.2, 0.25) is 0 Å². The molecule has 2 aromatic heterocycles. The molecular weight excluding hydrogens is 306 g/mol. The first-order valence-electron chi connectivity index (χ1n) is 6.75. The first-order valence-corrected chi connectivity index (χ1v) is 9.05. The van der Waals surface area contributed by atoms with Crippen molar-refractivity contribution in [3.8, 4) is 0 Å². The van der Waals surface area contributed by atoms with Crippen LogP contribution in [0.2, 0.25) is 0 Å². The lowest BCUT2D eigenvalue weighted by atomic mass is 10.3. The molecule has 7 heteroatoms. The highest BCUT2D eigenvalue weighted by atomic mass is 32.2. The second-order valence-electron chi connectivity index (χ2n) is 4.68. The SMILES string of the molecule is CCNCCc1ccc(S(=O)(=O)Nc2cncc(C)c2)s1. The molecule has 0 aliphatic carbocycles. The summed E-state index contributed by atoms with van der Waals surface area (Å²) in [4.78, 5) is 5.04. The largest absolute Gasteiger partial charge is 0.317 e. The number of anilines is 1. The fraction of sp³-hybridized carbons (Fsp3) is 0.357. The predicted octanol–water partition coefficient (Wildman–Crippen LogP) is 2.40. The maximum atomic E-state index is 12.3. The fourth-order valence-electron chi connectivity index (χ4n) is 1.84. The van der Waals surface area contributed by atoms with Crippen LogP contribution in [0.4, 0.5) is 5.69 Å². The maximum Gasteiger partial charge on any atom is 0.271 e. The van der Waals surface area contributed by atoms with Crippen LogP contribution in [0.1, 0.15) is 17.4 Å². The number of rotatable bonds is 7. The Labute approximate surface area is 129 Å². The molecule has 5 nitrogen and oxygen atoms in total. The van der Waals surface area contributed by atoms with E-state index in [1.165, 1.54) is 17.5 Å². The lowest BCUT2D eigenvalue weighted by Gasteiger charge is -2.06. The Hall–Kier alpha value is -1.44. The third-order valence-electron chi connectivity index (χ3n) is 2.83. The zero-order valence-electron chi connectivity index (χ0n) is 12.1. The van der Waals surface area contributed by atoms with Gasteiger partial charge < -0.3 is 5.32 Å². The fourth-order valence-corrected chi connectivity index (χ4v) is 4.23. The summed E-state index contributed by atoms with van der Waals surface area (Å²) in [6.45, 7) is 5.68.